The van der Waals surface area contributed by atoms with Crippen LogP contribution in [0.5, 0.6) is 5.75 Å². The average molecular weight is 317 g/mol. The molecule has 0 aliphatic carbocycles. The van der Waals surface area contributed by atoms with Crippen molar-refractivity contribution in [1.82, 2.24) is 0 Å². The number of hydrogen-bond acceptors (Lipinski definition) is 4. The second-order valence-corrected chi connectivity index (χ2v) is 4.95. The topological polar surface area (TPSA) is 85.9 Å². The lowest BCUT2D eigenvalue weighted by molar-refractivity contribution is -0.112. The van der Waals surface area contributed by atoms with E-state index < -0.39 is 5.91 Å². The first-order chi connectivity index (χ1) is 11.6. The van der Waals surface area contributed by atoms with Gasteiger partial charge >= 0.3 is 0 Å². The van der Waals surface area contributed by atoms with E-state index in [1.54, 1.807) is 30.3 Å². The number of hydrogen-bond donors (Lipinski definition) is 1. The highest BCUT2D eigenvalue weighted by atomic mass is 16.5. The number of rotatable bonds is 5. The van der Waals surface area contributed by atoms with Crippen LogP contribution in [-0.2, 0) is 4.79 Å². The van der Waals surface area contributed by atoms with Crippen molar-refractivity contribution in [2.45, 2.75) is 6.92 Å². The summed E-state index contributed by atoms with van der Waals surface area (Å²) in [5, 5.41) is 20.4. The Morgan fingerprint density at radius 1 is 1.17 bits per heavy atom. The Kier molecular flexibility index (Phi) is 5.71. The van der Waals surface area contributed by atoms with Crippen LogP contribution in [0.2, 0.25) is 0 Å². The highest BCUT2D eigenvalue weighted by Gasteiger charge is 2.10. The Morgan fingerprint density at radius 2 is 1.88 bits per heavy atom. The molecule has 0 aliphatic heterocycles. The van der Waals surface area contributed by atoms with Gasteiger partial charge < -0.3 is 10.1 Å². The standard InChI is InChI=1S/C19H15N3O2/c1-14-4-2-3-5-18(14)22-19(23)16(13-21)12-15-6-8-17(9-7-15)24-11-10-20/h2-9,12H,11H2,1H3,(H,22,23)/b16-12-. The number of nitrogens with zero attached hydrogens (tertiary/aromatic N) is 2. The molecule has 2 aromatic carbocycles. The fourth-order valence-electron chi connectivity index (χ4n) is 1.99. The molecule has 5 heteroatoms. The normalized spacial score (nSPS) is 10.4. The third-order valence-electron chi connectivity index (χ3n) is 3.25. The van der Waals surface area contributed by atoms with Crippen molar-refractivity contribution >= 4 is 17.7 Å². The largest absolute Gasteiger partial charge is 0.479 e. The highest BCUT2D eigenvalue weighted by molar-refractivity contribution is 6.09. The van der Waals surface area contributed by atoms with Gasteiger partial charge in [-0.3, -0.25) is 4.79 Å². The van der Waals surface area contributed by atoms with Crippen LogP contribution < -0.4 is 10.1 Å². The maximum atomic E-state index is 12.2. The van der Waals surface area contributed by atoms with Crippen LogP contribution in [0.15, 0.2) is 54.1 Å². The lowest BCUT2D eigenvalue weighted by Crippen LogP contribution is -2.14. The second-order valence-electron chi connectivity index (χ2n) is 4.95. The van der Waals surface area contributed by atoms with E-state index in [9.17, 15) is 10.1 Å². The molecule has 0 aliphatic rings. The predicted octanol–water partition coefficient (Wildman–Crippen LogP) is 3.44. The molecular formula is C19H15N3O2. The van der Waals surface area contributed by atoms with E-state index in [0.717, 1.165) is 5.56 Å². The Balaban J connectivity index is 2.14. The molecule has 24 heavy (non-hydrogen) atoms. The number of ether oxygens (including phenoxy) is 1. The van der Waals surface area contributed by atoms with Crippen molar-refractivity contribution in [2.75, 3.05) is 11.9 Å². The van der Waals surface area contributed by atoms with E-state index in [1.807, 2.05) is 37.3 Å². The van der Waals surface area contributed by atoms with E-state index in [1.165, 1.54) is 6.08 Å². The van der Waals surface area contributed by atoms with Gasteiger partial charge in [-0.1, -0.05) is 30.3 Å². The number of nitrogens with one attached hydrogen (secondary N) is 1. The third kappa shape index (κ3) is 4.46. The molecule has 0 heterocycles. The van der Waals surface area contributed by atoms with Crippen LogP contribution in [0.25, 0.3) is 6.08 Å². The van der Waals surface area contributed by atoms with Crippen LogP contribution in [-0.4, -0.2) is 12.5 Å². The number of benzene rings is 2. The summed E-state index contributed by atoms with van der Waals surface area (Å²) in [7, 11) is 0. The lowest BCUT2D eigenvalue weighted by Gasteiger charge is -2.07. The number of anilines is 1. The Labute approximate surface area is 140 Å². The van der Waals surface area contributed by atoms with Crippen LogP contribution >= 0.6 is 0 Å². The van der Waals surface area contributed by atoms with Gasteiger partial charge in [-0.25, -0.2) is 0 Å². The minimum atomic E-state index is -0.461. The molecule has 0 atom stereocenters. The van der Waals surface area contributed by atoms with Crippen LogP contribution in [0, 0.1) is 29.6 Å². The number of carbonyl (C=O) groups is 1. The number of amides is 1. The second kappa shape index (κ2) is 8.17. The molecule has 0 unspecified atom stereocenters. The zero-order valence-corrected chi connectivity index (χ0v) is 13.1. The number of para-hydroxylation sites is 1. The molecule has 118 valence electrons. The van der Waals surface area contributed by atoms with Crippen molar-refractivity contribution in [1.29, 1.82) is 10.5 Å². The van der Waals surface area contributed by atoms with Crippen LogP contribution in [0.3, 0.4) is 0 Å². The maximum absolute atomic E-state index is 12.2. The summed E-state index contributed by atoms with van der Waals surface area (Å²) in [5.74, 6) is 0.0909. The van der Waals surface area contributed by atoms with Gasteiger partial charge in [-0.2, -0.15) is 10.5 Å². The number of nitriles is 2. The summed E-state index contributed by atoms with van der Waals surface area (Å²) >= 11 is 0. The van der Waals surface area contributed by atoms with E-state index >= 15 is 0 Å². The fraction of sp³-hybridized carbons (Fsp3) is 0.105. The summed E-state index contributed by atoms with van der Waals surface area (Å²) in [6, 6.07) is 17.9. The molecule has 1 amide bonds. The van der Waals surface area contributed by atoms with Crippen molar-refractivity contribution in [3.05, 3.63) is 65.2 Å². The fourth-order valence-corrected chi connectivity index (χ4v) is 1.99. The van der Waals surface area contributed by atoms with Gasteiger partial charge in [0.2, 0.25) is 0 Å². The summed E-state index contributed by atoms with van der Waals surface area (Å²) in [5.41, 5.74) is 2.28. The summed E-state index contributed by atoms with van der Waals surface area (Å²) in [4.78, 5) is 12.2. The monoisotopic (exact) mass is 317 g/mol. The number of aryl methyl sites for hydroxylation is 1. The molecule has 0 radical (unpaired) electrons. The van der Waals surface area contributed by atoms with Crippen molar-refractivity contribution in [3.8, 4) is 17.9 Å². The first-order valence-electron chi connectivity index (χ1n) is 7.22. The molecule has 5 nitrogen and oxygen atoms in total. The van der Waals surface area contributed by atoms with Crippen molar-refractivity contribution < 1.29 is 9.53 Å². The van der Waals surface area contributed by atoms with E-state index in [-0.39, 0.29) is 12.2 Å². The van der Waals surface area contributed by atoms with Crippen molar-refractivity contribution in [2.24, 2.45) is 0 Å². The van der Waals surface area contributed by atoms with Crippen molar-refractivity contribution in [3.63, 3.8) is 0 Å². The minimum absolute atomic E-state index is 0.00365. The summed E-state index contributed by atoms with van der Waals surface area (Å²) in [6.45, 7) is 1.85. The molecule has 0 saturated carbocycles. The van der Waals surface area contributed by atoms with Gasteiger partial charge in [0.25, 0.3) is 5.91 Å². The first-order valence-corrected chi connectivity index (χ1v) is 7.22. The van der Waals surface area contributed by atoms with Gasteiger partial charge in [0, 0.05) is 5.69 Å². The molecule has 0 fully saturated rings. The Morgan fingerprint density at radius 3 is 2.50 bits per heavy atom. The zero-order chi connectivity index (χ0) is 17.4. The maximum Gasteiger partial charge on any atom is 0.266 e. The summed E-state index contributed by atoms with van der Waals surface area (Å²) < 4.78 is 5.15. The molecule has 0 saturated heterocycles. The molecule has 1 N–H and O–H groups in total. The lowest BCUT2D eigenvalue weighted by atomic mass is 10.1. The first kappa shape index (κ1) is 16.8. The third-order valence-corrected chi connectivity index (χ3v) is 3.25. The summed E-state index contributed by atoms with van der Waals surface area (Å²) in [6.07, 6.45) is 1.50. The predicted molar refractivity (Wildman–Crippen MR) is 90.9 cm³/mol. The smallest absolute Gasteiger partial charge is 0.266 e. The van der Waals surface area contributed by atoms with E-state index in [0.29, 0.717) is 17.0 Å². The SMILES string of the molecule is Cc1ccccc1NC(=O)/C(C#N)=C\c1ccc(OCC#N)cc1. The Hall–Kier alpha value is -3.57. The van der Waals surface area contributed by atoms with Crippen LogP contribution in [0.4, 0.5) is 5.69 Å². The molecule has 2 aromatic rings. The highest BCUT2D eigenvalue weighted by Crippen LogP contribution is 2.17. The minimum Gasteiger partial charge on any atom is -0.479 e. The molecule has 0 aromatic heterocycles. The average Bonchev–Trinajstić information content (AvgIpc) is 2.60. The number of carbonyl (C=O) groups excluding carboxylic acids is 1. The molecule has 2 rings (SSSR count). The van der Waals surface area contributed by atoms with Gasteiger partial charge in [-0.15, -0.1) is 0 Å². The van der Waals surface area contributed by atoms with Crippen LogP contribution in [0.1, 0.15) is 11.1 Å². The van der Waals surface area contributed by atoms with E-state index in [2.05, 4.69) is 5.32 Å². The van der Waals surface area contributed by atoms with E-state index in [4.69, 9.17) is 10.00 Å². The van der Waals surface area contributed by atoms with Gasteiger partial charge in [0.1, 0.15) is 23.5 Å². The Bertz CT molecular complexity index is 840. The molecular weight excluding hydrogens is 302 g/mol. The van der Waals surface area contributed by atoms with Gasteiger partial charge in [-0.05, 0) is 42.3 Å². The quantitative estimate of drug-likeness (QED) is 0.676. The molecule has 0 bridgehead atoms. The van der Waals surface area contributed by atoms with Gasteiger partial charge in [0.05, 0.1) is 0 Å². The molecule has 0 spiro atoms. The zero-order valence-electron chi connectivity index (χ0n) is 13.1. The van der Waals surface area contributed by atoms with Gasteiger partial charge in [0.15, 0.2) is 6.61 Å².